The van der Waals surface area contributed by atoms with E-state index in [4.69, 9.17) is 4.74 Å². The molecule has 0 saturated heterocycles. The summed E-state index contributed by atoms with van der Waals surface area (Å²) in [5.74, 6) is 0.353. The van der Waals surface area contributed by atoms with Crippen LogP contribution in [0.3, 0.4) is 0 Å². The van der Waals surface area contributed by atoms with Crippen molar-refractivity contribution in [1.29, 1.82) is 0 Å². The van der Waals surface area contributed by atoms with Crippen molar-refractivity contribution in [2.75, 3.05) is 12.4 Å². The standard InChI is InChI=1S/C19H27N3O3S/c1-6-22-16-9-8-14(18(24)25-7-2)10-15(16)21-19(22)26-11-17(23)20-13(5)12(3)4/h8-10,12-13H,6-7,11H2,1-5H3,(H,20,23)/t13-/m1/s1. The fourth-order valence-corrected chi connectivity index (χ4v) is 3.35. The smallest absolute Gasteiger partial charge is 0.338 e. The van der Waals surface area contributed by atoms with E-state index < -0.39 is 0 Å². The van der Waals surface area contributed by atoms with Gasteiger partial charge in [-0.05, 0) is 44.9 Å². The van der Waals surface area contributed by atoms with Crippen LogP contribution >= 0.6 is 11.8 Å². The van der Waals surface area contributed by atoms with Gasteiger partial charge in [0.25, 0.3) is 0 Å². The summed E-state index contributed by atoms with van der Waals surface area (Å²) >= 11 is 1.41. The van der Waals surface area contributed by atoms with Crippen molar-refractivity contribution in [2.45, 2.75) is 52.4 Å². The average molecular weight is 378 g/mol. The van der Waals surface area contributed by atoms with Gasteiger partial charge in [0.05, 0.1) is 29.0 Å². The number of thioether (sulfide) groups is 1. The van der Waals surface area contributed by atoms with Gasteiger partial charge >= 0.3 is 5.97 Å². The van der Waals surface area contributed by atoms with E-state index in [9.17, 15) is 9.59 Å². The lowest BCUT2D eigenvalue weighted by Crippen LogP contribution is -2.37. The molecule has 26 heavy (non-hydrogen) atoms. The van der Waals surface area contributed by atoms with Crippen LogP contribution in [0.25, 0.3) is 11.0 Å². The van der Waals surface area contributed by atoms with E-state index in [1.165, 1.54) is 11.8 Å². The van der Waals surface area contributed by atoms with E-state index in [0.29, 0.717) is 23.8 Å². The number of esters is 1. The molecule has 2 aromatic rings. The first-order valence-electron chi connectivity index (χ1n) is 8.96. The quantitative estimate of drug-likeness (QED) is 0.563. The van der Waals surface area contributed by atoms with E-state index in [0.717, 1.165) is 22.7 Å². The van der Waals surface area contributed by atoms with Gasteiger partial charge in [0.2, 0.25) is 5.91 Å². The summed E-state index contributed by atoms with van der Waals surface area (Å²) in [6.45, 7) is 11.1. The minimum atomic E-state index is -0.350. The molecule has 1 amide bonds. The summed E-state index contributed by atoms with van der Waals surface area (Å²) in [5, 5.41) is 3.77. The summed E-state index contributed by atoms with van der Waals surface area (Å²) < 4.78 is 7.09. The van der Waals surface area contributed by atoms with Gasteiger partial charge in [0.1, 0.15) is 0 Å². The Morgan fingerprint density at radius 1 is 1.27 bits per heavy atom. The zero-order valence-corrected chi connectivity index (χ0v) is 16.9. The molecule has 0 unspecified atom stereocenters. The molecule has 0 bridgehead atoms. The maximum absolute atomic E-state index is 12.1. The molecule has 0 radical (unpaired) electrons. The van der Waals surface area contributed by atoms with Crippen molar-refractivity contribution >= 4 is 34.7 Å². The van der Waals surface area contributed by atoms with Crippen LogP contribution in [0.2, 0.25) is 0 Å². The number of aryl methyl sites for hydroxylation is 1. The maximum atomic E-state index is 12.1. The van der Waals surface area contributed by atoms with Crippen molar-refractivity contribution < 1.29 is 14.3 Å². The molecule has 0 aliphatic heterocycles. The number of aromatic nitrogens is 2. The summed E-state index contributed by atoms with van der Waals surface area (Å²) in [6.07, 6.45) is 0. The fourth-order valence-electron chi connectivity index (χ4n) is 2.46. The average Bonchev–Trinajstić information content (AvgIpc) is 2.96. The minimum absolute atomic E-state index is 0.00174. The number of carbonyl (C=O) groups excluding carboxylic acids is 2. The van der Waals surface area contributed by atoms with Gasteiger partial charge in [-0.25, -0.2) is 9.78 Å². The zero-order valence-electron chi connectivity index (χ0n) is 16.0. The Kier molecular flexibility index (Phi) is 7.08. The van der Waals surface area contributed by atoms with Gasteiger partial charge in [0.15, 0.2) is 5.16 Å². The second-order valence-corrected chi connectivity index (χ2v) is 7.39. The molecular weight excluding hydrogens is 350 g/mol. The van der Waals surface area contributed by atoms with Crippen molar-refractivity contribution in [2.24, 2.45) is 5.92 Å². The monoisotopic (exact) mass is 377 g/mol. The summed E-state index contributed by atoms with van der Waals surface area (Å²) in [7, 11) is 0. The first kappa shape index (κ1) is 20.3. The van der Waals surface area contributed by atoms with Gasteiger partial charge in [-0.15, -0.1) is 0 Å². The first-order valence-corrected chi connectivity index (χ1v) is 9.95. The number of amides is 1. The predicted molar refractivity (Wildman–Crippen MR) is 105 cm³/mol. The highest BCUT2D eigenvalue weighted by Crippen LogP contribution is 2.25. The number of carbonyl (C=O) groups is 2. The van der Waals surface area contributed by atoms with Gasteiger partial charge in [-0.2, -0.15) is 0 Å². The molecule has 0 saturated carbocycles. The molecule has 1 heterocycles. The number of hydrogen-bond acceptors (Lipinski definition) is 5. The lowest BCUT2D eigenvalue weighted by Gasteiger charge is -2.17. The summed E-state index contributed by atoms with van der Waals surface area (Å²) in [4.78, 5) is 28.6. The molecule has 1 aromatic heterocycles. The van der Waals surface area contributed by atoms with Gasteiger partial charge < -0.3 is 14.6 Å². The molecule has 0 aliphatic carbocycles. The van der Waals surface area contributed by atoms with E-state index in [-0.39, 0.29) is 17.9 Å². The van der Waals surface area contributed by atoms with Crippen molar-refractivity contribution in [3.05, 3.63) is 23.8 Å². The number of hydrogen-bond donors (Lipinski definition) is 1. The molecule has 1 aromatic carbocycles. The third-order valence-electron chi connectivity index (χ3n) is 4.26. The zero-order chi connectivity index (χ0) is 19.3. The lowest BCUT2D eigenvalue weighted by atomic mass is 10.1. The van der Waals surface area contributed by atoms with Gasteiger partial charge in [0, 0.05) is 12.6 Å². The van der Waals surface area contributed by atoms with Crippen molar-refractivity contribution in [3.8, 4) is 0 Å². The molecule has 0 aliphatic rings. The van der Waals surface area contributed by atoms with Gasteiger partial charge in [-0.1, -0.05) is 25.6 Å². The first-order chi connectivity index (χ1) is 12.4. The third-order valence-corrected chi connectivity index (χ3v) is 5.24. The van der Waals surface area contributed by atoms with Crippen LogP contribution in [0.1, 0.15) is 45.0 Å². The van der Waals surface area contributed by atoms with Crippen LogP contribution in [-0.4, -0.2) is 39.8 Å². The topological polar surface area (TPSA) is 73.2 Å². The van der Waals surface area contributed by atoms with Crippen LogP contribution in [0, 0.1) is 5.92 Å². The van der Waals surface area contributed by atoms with Crippen LogP contribution in [0.5, 0.6) is 0 Å². The Morgan fingerprint density at radius 2 is 2.00 bits per heavy atom. The lowest BCUT2D eigenvalue weighted by molar-refractivity contribution is -0.119. The molecule has 1 N–H and O–H groups in total. The molecule has 6 nitrogen and oxygen atoms in total. The van der Waals surface area contributed by atoms with E-state index in [1.807, 2.05) is 24.5 Å². The Balaban J connectivity index is 2.16. The second-order valence-electron chi connectivity index (χ2n) is 6.45. The summed E-state index contributed by atoms with van der Waals surface area (Å²) in [5.41, 5.74) is 2.16. The van der Waals surface area contributed by atoms with Crippen molar-refractivity contribution in [1.82, 2.24) is 14.9 Å². The molecule has 0 spiro atoms. The second kappa shape index (κ2) is 9.07. The predicted octanol–water partition coefficient (Wildman–Crippen LogP) is 3.49. The van der Waals surface area contributed by atoms with Crippen LogP contribution in [-0.2, 0) is 16.1 Å². The highest BCUT2D eigenvalue weighted by Gasteiger charge is 2.16. The molecule has 7 heteroatoms. The number of ether oxygens (including phenoxy) is 1. The van der Waals surface area contributed by atoms with E-state index in [1.54, 1.807) is 19.1 Å². The Labute approximate surface area is 158 Å². The van der Waals surface area contributed by atoms with Gasteiger partial charge in [-0.3, -0.25) is 4.79 Å². The molecular formula is C19H27N3O3S. The fraction of sp³-hybridized carbons (Fsp3) is 0.526. The Bertz CT molecular complexity index is 786. The Hall–Kier alpha value is -2.02. The third kappa shape index (κ3) is 4.78. The highest BCUT2D eigenvalue weighted by molar-refractivity contribution is 7.99. The molecule has 2 rings (SSSR count). The van der Waals surface area contributed by atoms with E-state index >= 15 is 0 Å². The number of rotatable bonds is 8. The van der Waals surface area contributed by atoms with Crippen LogP contribution in [0.15, 0.2) is 23.4 Å². The van der Waals surface area contributed by atoms with Crippen LogP contribution < -0.4 is 5.32 Å². The maximum Gasteiger partial charge on any atom is 0.338 e. The highest BCUT2D eigenvalue weighted by atomic mass is 32.2. The van der Waals surface area contributed by atoms with Crippen LogP contribution in [0.4, 0.5) is 0 Å². The molecule has 1 atom stereocenters. The minimum Gasteiger partial charge on any atom is -0.462 e. The number of imidazole rings is 1. The Morgan fingerprint density at radius 3 is 2.62 bits per heavy atom. The largest absolute Gasteiger partial charge is 0.462 e. The summed E-state index contributed by atoms with van der Waals surface area (Å²) in [6, 6.07) is 5.51. The van der Waals surface area contributed by atoms with Crippen molar-refractivity contribution in [3.63, 3.8) is 0 Å². The molecule has 0 fully saturated rings. The number of benzene rings is 1. The van der Waals surface area contributed by atoms with E-state index in [2.05, 4.69) is 24.1 Å². The number of nitrogens with one attached hydrogen (secondary N) is 1. The number of fused-ring (bicyclic) bond motifs is 1. The normalized spacial score (nSPS) is 12.4. The SMILES string of the molecule is CCOC(=O)c1ccc2c(c1)nc(SCC(=O)N[C@H](C)C(C)C)n2CC. The molecule has 142 valence electrons. The number of nitrogens with zero attached hydrogens (tertiary/aromatic N) is 2.